The lowest BCUT2D eigenvalue weighted by atomic mass is 9.98. The number of hydrogen-bond acceptors (Lipinski definition) is 5. The highest BCUT2D eigenvalue weighted by molar-refractivity contribution is 6.13. The Morgan fingerprint density at radius 1 is 0.261 bits per heavy atom. The number of nitrogens with zero attached hydrogens (tertiary/aromatic N) is 7. The van der Waals surface area contributed by atoms with Gasteiger partial charge in [0.15, 0.2) is 0 Å². The molecular formula is C81H51N7. The normalized spacial score (nSPS) is 11.4. The van der Waals surface area contributed by atoms with Gasteiger partial charge in [0.25, 0.3) is 0 Å². The molecule has 0 fully saturated rings. The molecule has 0 unspecified atom stereocenters. The molecule has 0 atom stereocenters. The molecule has 0 aliphatic carbocycles. The van der Waals surface area contributed by atoms with E-state index in [2.05, 4.69) is 246 Å². The molecule has 7 heteroatoms. The van der Waals surface area contributed by atoms with Gasteiger partial charge in [-0.15, -0.1) is 0 Å². The van der Waals surface area contributed by atoms with E-state index < -0.39 is 0 Å². The Morgan fingerprint density at radius 2 is 0.602 bits per heavy atom. The lowest BCUT2D eigenvalue weighted by Crippen LogP contribution is -2.04. The van der Waals surface area contributed by atoms with Crippen molar-refractivity contribution < 1.29 is 0 Å². The van der Waals surface area contributed by atoms with Gasteiger partial charge in [-0.25, -0.2) is 19.9 Å². The fourth-order valence-electron chi connectivity index (χ4n) is 12.6. The van der Waals surface area contributed by atoms with Crippen molar-refractivity contribution in [3.05, 3.63) is 315 Å². The van der Waals surface area contributed by atoms with E-state index in [1.54, 1.807) is 0 Å². The Hall–Kier alpha value is -12.1. The number of hydrogen-bond donors (Lipinski definition) is 0. The topological polar surface area (TPSA) is 85.2 Å². The average Bonchev–Trinajstić information content (AvgIpc) is 2.03. The molecule has 0 spiro atoms. The third-order valence-corrected chi connectivity index (χ3v) is 16.9. The van der Waals surface area contributed by atoms with Crippen LogP contribution in [-0.2, 0) is 0 Å². The van der Waals surface area contributed by atoms with Gasteiger partial charge in [0.05, 0.1) is 79.7 Å². The van der Waals surface area contributed by atoms with Crippen LogP contribution in [0.2, 0.25) is 0 Å². The second-order valence-corrected chi connectivity index (χ2v) is 22.1. The molecule has 7 nitrogen and oxygen atoms in total. The minimum absolute atomic E-state index is 0.545. The summed E-state index contributed by atoms with van der Waals surface area (Å²) in [6, 6.07) is 108. The Balaban J connectivity index is 0.949. The highest BCUT2D eigenvalue weighted by Gasteiger charge is 2.23. The smallest absolute Gasteiger partial charge is 0.138 e. The largest absolute Gasteiger partial charge is 0.307 e. The third kappa shape index (κ3) is 9.26. The summed E-state index contributed by atoms with van der Waals surface area (Å²) in [6.07, 6.45) is 2.00. The monoisotopic (exact) mass is 1120 g/mol. The molecule has 88 heavy (non-hydrogen) atoms. The lowest BCUT2D eigenvalue weighted by Gasteiger charge is -2.18. The summed E-state index contributed by atoms with van der Waals surface area (Å²) in [4.78, 5) is 21.4. The highest BCUT2D eigenvalue weighted by atomic mass is 15.1. The highest BCUT2D eigenvalue weighted by Crippen LogP contribution is 2.43. The van der Waals surface area contributed by atoms with Crippen molar-refractivity contribution in [1.82, 2.24) is 29.1 Å². The zero-order valence-corrected chi connectivity index (χ0v) is 47.6. The van der Waals surface area contributed by atoms with E-state index in [1.165, 1.54) is 0 Å². The van der Waals surface area contributed by atoms with E-state index in [9.17, 15) is 5.26 Å². The van der Waals surface area contributed by atoms with Gasteiger partial charge in [-0.05, 0) is 101 Å². The van der Waals surface area contributed by atoms with Gasteiger partial charge < -0.3 is 4.57 Å². The van der Waals surface area contributed by atoms with Crippen molar-refractivity contribution in [3.8, 4) is 118 Å². The van der Waals surface area contributed by atoms with Gasteiger partial charge in [0.1, 0.15) is 5.82 Å². The summed E-state index contributed by atoms with van der Waals surface area (Å²) in [7, 11) is 0. The van der Waals surface area contributed by atoms with E-state index >= 15 is 0 Å². The maximum absolute atomic E-state index is 11.1. The summed E-state index contributed by atoms with van der Waals surface area (Å²) in [5.41, 5.74) is 22.6. The van der Waals surface area contributed by atoms with E-state index in [1.807, 2.05) is 79.0 Å². The van der Waals surface area contributed by atoms with Crippen LogP contribution >= 0.6 is 0 Å². The van der Waals surface area contributed by atoms with E-state index in [0.29, 0.717) is 11.4 Å². The molecule has 0 radical (unpaired) electrons. The number of nitriles is 1. The second-order valence-electron chi connectivity index (χ2n) is 22.1. The minimum atomic E-state index is 0.545. The van der Waals surface area contributed by atoms with Crippen LogP contribution < -0.4 is 0 Å². The van der Waals surface area contributed by atoms with E-state index in [4.69, 9.17) is 19.9 Å². The Bertz CT molecular complexity index is 5110. The second kappa shape index (κ2) is 21.8. The molecule has 0 N–H and O–H groups in total. The van der Waals surface area contributed by atoms with Crippen LogP contribution in [0.5, 0.6) is 0 Å². The Kier molecular flexibility index (Phi) is 12.8. The Morgan fingerprint density at radius 3 is 1.06 bits per heavy atom. The predicted octanol–water partition coefficient (Wildman–Crippen LogP) is 20.3. The van der Waals surface area contributed by atoms with Crippen molar-refractivity contribution >= 4 is 43.6 Å². The molecule has 0 bridgehead atoms. The lowest BCUT2D eigenvalue weighted by molar-refractivity contribution is 1.06. The maximum atomic E-state index is 11.1. The molecular weight excluding hydrogens is 1070 g/mol. The van der Waals surface area contributed by atoms with Crippen LogP contribution in [0.4, 0.5) is 0 Å². The third-order valence-electron chi connectivity index (χ3n) is 16.9. The Labute approximate surface area is 508 Å². The summed E-state index contributed by atoms with van der Waals surface area (Å²) in [5.74, 6) is 0.680. The first kappa shape index (κ1) is 51.5. The molecule has 0 saturated carbocycles. The van der Waals surface area contributed by atoms with Gasteiger partial charge in [-0.1, -0.05) is 224 Å². The fourth-order valence-corrected chi connectivity index (χ4v) is 12.6. The summed E-state index contributed by atoms with van der Waals surface area (Å²) >= 11 is 0. The molecule has 16 rings (SSSR count). The number of rotatable bonds is 11. The van der Waals surface area contributed by atoms with Gasteiger partial charge in [-0.2, -0.15) is 5.26 Å². The first-order valence-electron chi connectivity index (χ1n) is 29.5. The van der Waals surface area contributed by atoms with Crippen molar-refractivity contribution in [2.45, 2.75) is 0 Å². The van der Waals surface area contributed by atoms with Gasteiger partial charge in [0.2, 0.25) is 0 Å². The van der Waals surface area contributed by atoms with E-state index in [-0.39, 0.29) is 0 Å². The summed E-state index contributed by atoms with van der Waals surface area (Å²) < 4.78 is 4.62. The van der Waals surface area contributed by atoms with Crippen LogP contribution in [0.1, 0.15) is 5.56 Å². The molecule has 0 aliphatic heterocycles. The number of fused-ring (bicyclic) bond motifs is 6. The predicted molar refractivity (Wildman–Crippen MR) is 360 cm³/mol. The molecule has 16 aromatic rings. The maximum Gasteiger partial charge on any atom is 0.138 e. The van der Waals surface area contributed by atoms with Crippen molar-refractivity contribution in [2.24, 2.45) is 0 Å². The van der Waals surface area contributed by atoms with Gasteiger partial charge in [0, 0.05) is 66.1 Å². The SMILES string of the molecule is N#Cc1ccccc1-c1cc(-n2c3cc(-c4cccc(-c5ccccc5)n4)ccc3c3ccc(-c4cccc(-c5ccccc5)n4)cc32)ncc1-n1c2cc(-c3cccc(-c4ccccc4)c3)ccc2c2ccc(-c3cccc(-c4ccccc4)n3)cc21. The van der Waals surface area contributed by atoms with Crippen molar-refractivity contribution in [2.75, 3.05) is 0 Å². The van der Waals surface area contributed by atoms with Gasteiger partial charge in [-0.3, -0.25) is 4.57 Å². The number of aromatic nitrogens is 6. The molecule has 0 amide bonds. The standard InChI is InChI=1S/C81H51N7/c82-51-63-27-13-14-30-64(63)69-50-81(88-78-48-61(74-35-17-32-71(85-74)55-23-9-3-10-24-55)39-43-67(78)68-44-40-62(49-79(68)88)75-36-18-33-72(86-75)56-25-11-4-12-26-56)83-52-80(69)87-76-46-59(58-29-15-28-57(45-58)53-19-5-1-6-20-53)37-41-65(76)66-42-38-60(47-77(66)87)73-34-16-31-70(84-73)54-21-7-2-8-22-54/h1-50,52H. The fraction of sp³-hybridized carbons (Fsp3) is 0. The van der Waals surface area contributed by atoms with Crippen LogP contribution in [0.15, 0.2) is 310 Å². The average molecular weight is 1120 g/mol. The summed E-state index contributed by atoms with van der Waals surface area (Å²) in [6.45, 7) is 0. The molecule has 0 saturated heterocycles. The van der Waals surface area contributed by atoms with Crippen molar-refractivity contribution in [1.29, 1.82) is 5.26 Å². The van der Waals surface area contributed by atoms with Crippen LogP contribution in [0.25, 0.3) is 156 Å². The quantitative estimate of drug-likeness (QED) is 0.129. The van der Waals surface area contributed by atoms with Crippen LogP contribution in [-0.4, -0.2) is 29.1 Å². The van der Waals surface area contributed by atoms with Crippen LogP contribution in [0, 0.1) is 11.3 Å². The first-order chi connectivity index (χ1) is 43.6. The van der Waals surface area contributed by atoms with E-state index in [0.717, 1.165) is 150 Å². The zero-order chi connectivity index (χ0) is 58.5. The number of benzene rings is 10. The molecule has 6 aromatic heterocycles. The molecule has 0 aliphatic rings. The number of pyridine rings is 4. The van der Waals surface area contributed by atoms with Crippen molar-refractivity contribution in [3.63, 3.8) is 0 Å². The zero-order valence-electron chi connectivity index (χ0n) is 47.6. The van der Waals surface area contributed by atoms with Gasteiger partial charge >= 0.3 is 0 Å². The molecule has 410 valence electrons. The molecule has 6 heterocycles. The first-order valence-corrected chi connectivity index (χ1v) is 29.5. The van der Waals surface area contributed by atoms with Crippen LogP contribution in [0.3, 0.4) is 0 Å². The summed E-state index contributed by atoms with van der Waals surface area (Å²) in [5, 5.41) is 15.4. The minimum Gasteiger partial charge on any atom is -0.307 e. The molecule has 10 aromatic carbocycles.